The normalized spacial score (nSPS) is 11.6. The average Bonchev–Trinajstić information content (AvgIpc) is 3.10. The number of sulfonamides is 1. The van der Waals surface area contributed by atoms with Crippen LogP contribution in [0.5, 0.6) is 5.75 Å². The molecule has 27 heavy (non-hydrogen) atoms. The highest BCUT2D eigenvalue weighted by atomic mass is 32.2. The number of nitrogens with zero attached hydrogens (tertiary/aromatic N) is 2. The lowest BCUT2D eigenvalue weighted by molar-refractivity contribution is -0.145. The molecule has 1 aromatic carbocycles. The van der Waals surface area contributed by atoms with Crippen LogP contribution in [0.25, 0.3) is 0 Å². The molecule has 0 saturated carbocycles. The van der Waals surface area contributed by atoms with E-state index >= 15 is 0 Å². The van der Waals surface area contributed by atoms with Gasteiger partial charge in [-0.2, -0.15) is 4.98 Å². The van der Waals surface area contributed by atoms with Crippen LogP contribution in [-0.2, 0) is 26.2 Å². The van der Waals surface area contributed by atoms with E-state index in [-0.39, 0.29) is 36.3 Å². The highest BCUT2D eigenvalue weighted by Gasteiger charge is 2.16. The molecule has 2 aromatic rings. The molecule has 0 saturated heterocycles. The molecular formula is C17H23N3O6S. The fraction of sp³-hybridized carbons (Fsp3) is 0.471. The maximum Gasteiger partial charge on any atom is 0.307 e. The standard InChI is InChI=1S/C17H23N3O6S/c1-4-24-13-5-7-14(8-6-13)27(22,23)18-10-9-16(21)25-11-15-19-17(12(2)3)20-26-15/h5-8,12,18H,4,9-11H2,1-3H3. The Morgan fingerprint density at radius 2 is 1.96 bits per heavy atom. The monoisotopic (exact) mass is 397 g/mol. The van der Waals surface area contributed by atoms with Crippen molar-refractivity contribution in [2.75, 3.05) is 13.2 Å². The van der Waals surface area contributed by atoms with Gasteiger partial charge in [0.1, 0.15) is 5.75 Å². The Labute approximate surface area is 158 Å². The highest BCUT2D eigenvalue weighted by Crippen LogP contribution is 2.16. The van der Waals surface area contributed by atoms with Crippen LogP contribution >= 0.6 is 0 Å². The van der Waals surface area contributed by atoms with Gasteiger partial charge in [-0.1, -0.05) is 19.0 Å². The molecule has 0 spiro atoms. The van der Waals surface area contributed by atoms with Crippen molar-refractivity contribution in [1.29, 1.82) is 0 Å². The molecule has 0 fully saturated rings. The first-order chi connectivity index (χ1) is 12.8. The van der Waals surface area contributed by atoms with E-state index in [1.165, 1.54) is 12.1 Å². The molecule has 1 N–H and O–H groups in total. The minimum atomic E-state index is -3.72. The van der Waals surface area contributed by atoms with Gasteiger partial charge in [-0.25, -0.2) is 13.1 Å². The zero-order chi connectivity index (χ0) is 19.9. The summed E-state index contributed by atoms with van der Waals surface area (Å²) in [6.07, 6.45) is -0.124. The molecule has 1 heterocycles. The number of nitrogens with one attached hydrogen (secondary N) is 1. The maximum absolute atomic E-state index is 12.2. The van der Waals surface area contributed by atoms with E-state index in [0.29, 0.717) is 18.2 Å². The molecule has 0 aliphatic heterocycles. The Morgan fingerprint density at radius 1 is 1.26 bits per heavy atom. The Bertz CT molecular complexity index is 846. The third-order valence-corrected chi connectivity index (χ3v) is 4.90. The van der Waals surface area contributed by atoms with E-state index in [4.69, 9.17) is 14.0 Å². The van der Waals surface area contributed by atoms with E-state index < -0.39 is 16.0 Å². The van der Waals surface area contributed by atoms with Gasteiger partial charge >= 0.3 is 5.97 Å². The van der Waals surface area contributed by atoms with Crippen LogP contribution < -0.4 is 9.46 Å². The maximum atomic E-state index is 12.2. The first kappa shape index (κ1) is 20.8. The number of carbonyl (C=O) groups excluding carboxylic acids is 1. The number of ether oxygens (including phenoxy) is 2. The molecule has 9 nitrogen and oxygen atoms in total. The predicted octanol–water partition coefficient (Wildman–Crippen LogP) is 2.00. The van der Waals surface area contributed by atoms with Crippen LogP contribution in [0.4, 0.5) is 0 Å². The van der Waals surface area contributed by atoms with Gasteiger partial charge in [0.2, 0.25) is 10.0 Å². The van der Waals surface area contributed by atoms with Crippen molar-refractivity contribution >= 4 is 16.0 Å². The van der Waals surface area contributed by atoms with Gasteiger partial charge in [-0.15, -0.1) is 0 Å². The molecule has 148 valence electrons. The summed E-state index contributed by atoms with van der Waals surface area (Å²) in [7, 11) is -3.72. The van der Waals surface area contributed by atoms with Gasteiger partial charge in [0.25, 0.3) is 5.89 Å². The first-order valence-electron chi connectivity index (χ1n) is 8.52. The van der Waals surface area contributed by atoms with E-state index in [1.807, 2.05) is 20.8 Å². The lowest BCUT2D eigenvalue weighted by atomic mass is 10.2. The van der Waals surface area contributed by atoms with Crippen molar-refractivity contribution in [2.24, 2.45) is 0 Å². The van der Waals surface area contributed by atoms with Crippen LogP contribution in [0.2, 0.25) is 0 Å². The van der Waals surface area contributed by atoms with E-state index in [2.05, 4.69) is 14.9 Å². The number of rotatable bonds is 10. The Hall–Kier alpha value is -2.46. The fourth-order valence-electron chi connectivity index (χ4n) is 2.03. The third kappa shape index (κ3) is 6.33. The summed E-state index contributed by atoms with van der Waals surface area (Å²) >= 11 is 0. The zero-order valence-corrected chi connectivity index (χ0v) is 16.3. The second kappa shape index (κ2) is 9.47. The van der Waals surface area contributed by atoms with Crippen molar-refractivity contribution in [3.05, 3.63) is 36.0 Å². The largest absolute Gasteiger partial charge is 0.494 e. The summed E-state index contributed by atoms with van der Waals surface area (Å²) in [6, 6.07) is 6.02. The minimum absolute atomic E-state index is 0.0878. The molecule has 10 heteroatoms. The smallest absolute Gasteiger partial charge is 0.307 e. The van der Waals surface area contributed by atoms with E-state index in [0.717, 1.165) is 0 Å². The van der Waals surface area contributed by atoms with Gasteiger partial charge in [-0.3, -0.25) is 4.79 Å². The van der Waals surface area contributed by atoms with Crippen molar-refractivity contribution < 1.29 is 27.2 Å². The summed E-state index contributed by atoms with van der Waals surface area (Å²) < 4.78 is 42.0. The molecule has 0 aliphatic carbocycles. The fourth-order valence-corrected chi connectivity index (χ4v) is 3.06. The molecule has 0 aliphatic rings. The third-order valence-electron chi connectivity index (χ3n) is 3.42. The number of hydrogen-bond donors (Lipinski definition) is 1. The number of esters is 1. The van der Waals surface area contributed by atoms with Crippen LogP contribution in [0, 0.1) is 0 Å². The topological polar surface area (TPSA) is 121 Å². The molecule has 1 aromatic heterocycles. The van der Waals surface area contributed by atoms with E-state index in [1.54, 1.807) is 12.1 Å². The Morgan fingerprint density at radius 3 is 2.56 bits per heavy atom. The first-order valence-corrected chi connectivity index (χ1v) is 10.0. The summed E-state index contributed by atoms with van der Waals surface area (Å²) in [6.45, 7) is 5.93. The van der Waals surface area contributed by atoms with Gasteiger partial charge in [0.05, 0.1) is 17.9 Å². The van der Waals surface area contributed by atoms with Crippen molar-refractivity contribution in [2.45, 2.75) is 44.6 Å². The van der Waals surface area contributed by atoms with Crippen LogP contribution in [0.1, 0.15) is 44.8 Å². The molecule has 0 unspecified atom stereocenters. The number of hydrogen-bond acceptors (Lipinski definition) is 8. The summed E-state index contributed by atoms with van der Waals surface area (Å²) in [5.41, 5.74) is 0. The van der Waals surface area contributed by atoms with Gasteiger partial charge in [0.15, 0.2) is 12.4 Å². The summed E-state index contributed by atoms with van der Waals surface area (Å²) in [4.78, 5) is 15.9. The number of aromatic nitrogens is 2. The van der Waals surface area contributed by atoms with Gasteiger partial charge in [0, 0.05) is 12.5 Å². The van der Waals surface area contributed by atoms with E-state index in [9.17, 15) is 13.2 Å². The Balaban J connectivity index is 1.77. The van der Waals surface area contributed by atoms with Gasteiger partial charge < -0.3 is 14.0 Å². The quantitative estimate of drug-likeness (QED) is 0.604. The highest BCUT2D eigenvalue weighted by molar-refractivity contribution is 7.89. The average molecular weight is 397 g/mol. The second-order valence-corrected chi connectivity index (χ2v) is 7.68. The van der Waals surface area contributed by atoms with Gasteiger partial charge in [-0.05, 0) is 31.2 Å². The van der Waals surface area contributed by atoms with Crippen molar-refractivity contribution in [3.8, 4) is 5.75 Å². The number of benzene rings is 1. The van der Waals surface area contributed by atoms with Crippen molar-refractivity contribution in [1.82, 2.24) is 14.9 Å². The second-order valence-electron chi connectivity index (χ2n) is 5.91. The van der Waals surface area contributed by atoms with Crippen molar-refractivity contribution in [3.63, 3.8) is 0 Å². The molecular weight excluding hydrogens is 374 g/mol. The van der Waals surface area contributed by atoms with Crippen LogP contribution in [0.15, 0.2) is 33.7 Å². The van der Waals surface area contributed by atoms with Crippen LogP contribution in [-0.4, -0.2) is 37.7 Å². The molecule has 2 rings (SSSR count). The molecule has 0 radical (unpaired) electrons. The molecule has 0 atom stereocenters. The molecule has 0 bridgehead atoms. The zero-order valence-electron chi connectivity index (χ0n) is 15.5. The lowest BCUT2D eigenvalue weighted by Crippen LogP contribution is -2.26. The van der Waals surface area contributed by atoms with Crippen LogP contribution in [0.3, 0.4) is 0 Å². The SMILES string of the molecule is CCOc1ccc(S(=O)(=O)NCCC(=O)OCc2nc(C(C)C)no2)cc1. The molecule has 0 amide bonds. The summed E-state index contributed by atoms with van der Waals surface area (Å²) in [5.74, 6) is 0.844. The minimum Gasteiger partial charge on any atom is -0.494 e. The summed E-state index contributed by atoms with van der Waals surface area (Å²) in [5, 5.41) is 3.76. The lowest BCUT2D eigenvalue weighted by Gasteiger charge is -2.08. The predicted molar refractivity (Wildman–Crippen MR) is 95.6 cm³/mol. The number of carbonyl (C=O) groups is 1. The Kier molecular flexibility index (Phi) is 7.31.